The predicted molar refractivity (Wildman–Crippen MR) is 247 cm³/mol. The molecular formula is C47H104N8. The molecule has 8 nitrogen and oxygen atoms in total. The summed E-state index contributed by atoms with van der Waals surface area (Å²) < 4.78 is 0. The minimum atomic E-state index is 0. The van der Waals surface area contributed by atoms with Crippen molar-refractivity contribution >= 4 is 0 Å². The number of hydrogen-bond donors (Lipinski definition) is 8. The quantitative estimate of drug-likeness (QED) is 0.109. The normalized spacial score (nSPS) is 37.4. The van der Waals surface area contributed by atoms with Crippen LogP contribution in [0.1, 0.15) is 140 Å². The molecule has 55 heavy (non-hydrogen) atoms. The van der Waals surface area contributed by atoms with Crippen molar-refractivity contribution in [3.05, 3.63) is 0 Å². The van der Waals surface area contributed by atoms with Gasteiger partial charge in [-0.15, -0.1) is 0 Å². The Labute approximate surface area is 347 Å². The maximum atomic E-state index is 3.58. The van der Waals surface area contributed by atoms with Crippen molar-refractivity contribution in [3.63, 3.8) is 0 Å². The maximum Gasteiger partial charge on any atom is 0.00979 e. The molecule has 0 saturated heterocycles. The summed E-state index contributed by atoms with van der Waals surface area (Å²) in [6.07, 6.45) is 23.3. The summed E-state index contributed by atoms with van der Waals surface area (Å²) >= 11 is 0. The first-order valence-corrected chi connectivity index (χ1v) is 23.6. The predicted octanol–water partition coefficient (Wildman–Crippen LogP) is 7.61. The molecule has 0 spiro atoms. The van der Waals surface area contributed by atoms with E-state index >= 15 is 0 Å². The Morgan fingerprint density at radius 3 is 1.65 bits per heavy atom. The van der Waals surface area contributed by atoms with Crippen molar-refractivity contribution in [2.75, 3.05) is 89.1 Å². The molecule has 0 amide bonds. The van der Waals surface area contributed by atoms with E-state index < -0.39 is 0 Å². The van der Waals surface area contributed by atoms with Gasteiger partial charge >= 0.3 is 0 Å². The Hall–Kier alpha value is -0.320. The molecule has 7 aliphatic rings. The highest BCUT2D eigenvalue weighted by molar-refractivity contribution is 5.05. The lowest BCUT2D eigenvalue weighted by atomic mass is 9.62. The third kappa shape index (κ3) is 17.4. The molecule has 12 atom stereocenters. The first kappa shape index (κ1) is 50.8. The summed E-state index contributed by atoms with van der Waals surface area (Å²) in [6.45, 7) is 17.3. The molecule has 4 bridgehead atoms. The topological polar surface area (TPSA) is 96.2 Å². The number of nitrogens with one attached hydrogen (secondary N) is 8. The second kappa shape index (κ2) is 27.4. The molecule has 0 aliphatic heterocycles. The van der Waals surface area contributed by atoms with Gasteiger partial charge in [-0.2, -0.15) is 0 Å². The summed E-state index contributed by atoms with van der Waals surface area (Å²) in [5.74, 6) is 8.46. The minimum absolute atomic E-state index is 0. The zero-order valence-corrected chi connectivity index (χ0v) is 39.2. The second-order valence-electron chi connectivity index (χ2n) is 20.2. The van der Waals surface area contributed by atoms with Crippen LogP contribution in [0.15, 0.2) is 0 Å². The van der Waals surface area contributed by atoms with Crippen LogP contribution in [0.3, 0.4) is 0 Å². The van der Waals surface area contributed by atoms with Crippen LogP contribution in [0.25, 0.3) is 0 Å². The smallest absolute Gasteiger partial charge is 0.00979 e. The van der Waals surface area contributed by atoms with Crippen molar-refractivity contribution in [2.45, 2.75) is 155 Å². The molecule has 0 radical (unpaired) electrons. The van der Waals surface area contributed by atoms with Crippen LogP contribution in [-0.4, -0.2) is 107 Å². The number of hydrogen-bond acceptors (Lipinski definition) is 8. The largest absolute Gasteiger partial charge is 0.323 e. The number of rotatable bonds is 11. The van der Waals surface area contributed by atoms with Crippen LogP contribution in [0.2, 0.25) is 0 Å². The van der Waals surface area contributed by atoms with Gasteiger partial charge in [0.1, 0.15) is 0 Å². The first-order chi connectivity index (χ1) is 26.4. The molecule has 7 saturated carbocycles. The van der Waals surface area contributed by atoms with Gasteiger partial charge in [0.2, 0.25) is 0 Å². The van der Waals surface area contributed by atoms with E-state index in [4.69, 9.17) is 0 Å². The molecule has 0 aromatic heterocycles. The standard InChI is InChI=1S/C12H26N2.C11H19N.C10H22N2.C9H17N.C3H9N.C2H7N.2H2/c1-11(2)6-10(14-5)7-12(3,8-11)9-13-4;1-12-11-6-7-5-10(11)9-4-2-3-8(7)9;1-11-7-9-4-3-5-10(6-9)8-12-2;1-2-10-9-6-7-3-4-8(9)5-7;1-3-4-2;1-3-2;;/h10,13-14H,6-9H2,1-5H3;7-12H,2-6H2,1H3;9-12H,3-8H2,1-2H3;7-10H,2-6H2,1H3;4H,3H2,1-2H3;3H,1-2H3;2*1H. The van der Waals surface area contributed by atoms with Gasteiger partial charge in [-0.25, -0.2) is 0 Å². The van der Waals surface area contributed by atoms with Crippen LogP contribution in [0, 0.1) is 58.2 Å². The molecule has 7 fully saturated rings. The van der Waals surface area contributed by atoms with Gasteiger partial charge in [0.25, 0.3) is 0 Å². The molecule has 8 N–H and O–H groups in total. The van der Waals surface area contributed by atoms with Crippen molar-refractivity contribution in [1.29, 1.82) is 0 Å². The molecule has 0 heterocycles. The molecule has 8 heteroatoms. The molecule has 7 aliphatic carbocycles. The van der Waals surface area contributed by atoms with Crippen molar-refractivity contribution < 1.29 is 2.85 Å². The summed E-state index contributed by atoms with van der Waals surface area (Å²) in [7, 11) is 16.1. The molecule has 332 valence electrons. The van der Waals surface area contributed by atoms with E-state index in [9.17, 15) is 0 Å². The second-order valence-corrected chi connectivity index (χ2v) is 20.2. The highest BCUT2D eigenvalue weighted by atomic mass is 14.9. The van der Waals surface area contributed by atoms with Gasteiger partial charge in [0, 0.05) is 27.5 Å². The van der Waals surface area contributed by atoms with E-state index in [2.05, 4.69) is 112 Å². The highest BCUT2D eigenvalue weighted by Crippen LogP contribution is 2.58. The van der Waals surface area contributed by atoms with Crippen LogP contribution in [0.4, 0.5) is 0 Å². The van der Waals surface area contributed by atoms with E-state index in [1.165, 1.54) is 96.6 Å². The third-order valence-electron chi connectivity index (χ3n) is 14.7. The molecule has 0 aromatic rings. The Bertz CT molecular complexity index is 940. The zero-order chi connectivity index (χ0) is 40.9. The Kier molecular flexibility index (Phi) is 25.4. The highest BCUT2D eigenvalue weighted by Gasteiger charge is 2.53. The average molecular weight is 781 g/mol. The molecule has 7 rings (SSSR count). The Morgan fingerprint density at radius 2 is 1.16 bits per heavy atom. The lowest BCUT2D eigenvalue weighted by Gasteiger charge is -2.46. The Balaban J connectivity index is 0.000000689. The SMILES string of the molecule is CCNC.CCNC1CC2CCC1C2.CNC.CNC1CC2CC1C1CCCC21.CNCC1(C)CC(NC)CC(C)(C)C1.CNCC1CCCC(CNC)C1.[HH].[HH]. The van der Waals surface area contributed by atoms with Crippen molar-refractivity contribution in [1.82, 2.24) is 42.5 Å². The van der Waals surface area contributed by atoms with Crippen LogP contribution in [0.5, 0.6) is 0 Å². The molecule has 0 aromatic carbocycles. The van der Waals surface area contributed by atoms with Crippen molar-refractivity contribution in [2.24, 2.45) is 58.2 Å². The average Bonchev–Trinajstić information content (AvgIpc) is 4.00. The van der Waals surface area contributed by atoms with Gasteiger partial charge in [0.05, 0.1) is 0 Å². The fourth-order valence-corrected chi connectivity index (χ4v) is 12.9. The van der Waals surface area contributed by atoms with Crippen LogP contribution in [-0.2, 0) is 0 Å². The van der Waals surface area contributed by atoms with Gasteiger partial charge < -0.3 is 42.5 Å². The monoisotopic (exact) mass is 781 g/mol. The van der Waals surface area contributed by atoms with Gasteiger partial charge in [-0.3, -0.25) is 0 Å². The number of fused-ring (bicyclic) bond motifs is 7. The lowest BCUT2D eigenvalue weighted by Crippen LogP contribution is -2.47. The maximum absolute atomic E-state index is 3.58. The fraction of sp³-hybridized carbons (Fsp3) is 1.00. The zero-order valence-electron chi connectivity index (χ0n) is 39.2. The first-order valence-electron chi connectivity index (χ1n) is 23.6. The summed E-state index contributed by atoms with van der Waals surface area (Å²) in [4.78, 5) is 0. The summed E-state index contributed by atoms with van der Waals surface area (Å²) in [5, 5.41) is 26.1. The molecule has 12 unspecified atom stereocenters. The van der Waals surface area contributed by atoms with E-state index in [0.29, 0.717) is 16.9 Å². The van der Waals surface area contributed by atoms with E-state index in [1.54, 1.807) is 19.3 Å². The van der Waals surface area contributed by atoms with Gasteiger partial charge in [-0.05, 0) is 224 Å². The van der Waals surface area contributed by atoms with Crippen LogP contribution < -0.4 is 42.5 Å². The third-order valence-corrected chi connectivity index (χ3v) is 14.7. The van der Waals surface area contributed by atoms with Gasteiger partial charge in [-0.1, -0.05) is 53.9 Å². The minimum Gasteiger partial charge on any atom is -0.323 e. The lowest BCUT2D eigenvalue weighted by molar-refractivity contribution is 0.0746. The van der Waals surface area contributed by atoms with Crippen molar-refractivity contribution in [3.8, 4) is 0 Å². The molecular weight excluding hydrogens is 677 g/mol. The van der Waals surface area contributed by atoms with E-state index in [0.717, 1.165) is 79.1 Å². The van der Waals surface area contributed by atoms with E-state index in [-0.39, 0.29) is 2.85 Å². The fourth-order valence-electron chi connectivity index (χ4n) is 12.9. The van der Waals surface area contributed by atoms with Crippen LogP contribution >= 0.6 is 0 Å². The summed E-state index contributed by atoms with van der Waals surface area (Å²) in [6, 6.07) is 2.47. The Morgan fingerprint density at radius 1 is 0.545 bits per heavy atom. The van der Waals surface area contributed by atoms with Gasteiger partial charge in [0.15, 0.2) is 0 Å². The summed E-state index contributed by atoms with van der Waals surface area (Å²) in [5.41, 5.74) is 0.946. The van der Waals surface area contributed by atoms with E-state index in [1.807, 2.05) is 21.1 Å².